The summed E-state index contributed by atoms with van der Waals surface area (Å²) in [6, 6.07) is 7.90. The number of rotatable bonds is 3. The summed E-state index contributed by atoms with van der Waals surface area (Å²) in [7, 11) is 1.82. The van der Waals surface area contributed by atoms with Crippen molar-refractivity contribution < 1.29 is 5.11 Å². The van der Waals surface area contributed by atoms with Crippen LogP contribution >= 0.6 is 11.8 Å². The Morgan fingerprint density at radius 1 is 1.33 bits per heavy atom. The molecule has 6 heteroatoms. The standard InChI is InChI=1S/C12H12N4OS/c1-16-12(13-14-15-16)18-9-11-6-4-10(5-7-11)3-2-8-17/h4-7,17H,8-9H2,1H3. The average Bonchev–Trinajstić information content (AvgIpc) is 2.81. The third-order valence-electron chi connectivity index (χ3n) is 2.21. The molecule has 0 aliphatic carbocycles. The molecule has 92 valence electrons. The fourth-order valence-corrected chi connectivity index (χ4v) is 2.12. The molecule has 0 aliphatic rings. The summed E-state index contributed by atoms with van der Waals surface area (Å²) in [4.78, 5) is 0. The second kappa shape index (κ2) is 6.19. The number of aryl methyl sites for hydroxylation is 1. The van der Waals surface area contributed by atoms with Gasteiger partial charge >= 0.3 is 0 Å². The van der Waals surface area contributed by atoms with Crippen molar-refractivity contribution in [2.24, 2.45) is 7.05 Å². The first-order chi connectivity index (χ1) is 8.79. The van der Waals surface area contributed by atoms with Crippen LogP contribution in [0.3, 0.4) is 0 Å². The summed E-state index contributed by atoms with van der Waals surface area (Å²) >= 11 is 1.58. The van der Waals surface area contributed by atoms with Crippen LogP contribution in [0.1, 0.15) is 11.1 Å². The van der Waals surface area contributed by atoms with Gasteiger partial charge in [-0.3, -0.25) is 0 Å². The van der Waals surface area contributed by atoms with Crippen LogP contribution in [0.5, 0.6) is 0 Å². The quantitative estimate of drug-likeness (QED) is 0.654. The van der Waals surface area contributed by atoms with Gasteiger partial charge in [0.1, 0.15) is 6.61 Å². The molecule has 1 aromatic carbocycles. The lowest BCUT2D eigenvalue weighted by Gasteiger charge is -2.00. The van der Waals surface area contributed by atoms with Gasteiger partial charge in [-0.05, 0) is 28.1 Å². The number of aromatic nitrogens is 4. The Balaban J connectivity index is 1.96. The lowest BCUT2D eigenvalue weighted by molar-refractivity contribution is 0.350. The summed E-state index contributed by atoms with van der Waals surface area (Å²) in [6.07, 6.45) is 0. The second-order valence-electron chi connectivity index (χ2n) is 3.53. The molecule has 1 aromatic heterocycles. The van der Waals surface area contributed by atoms with Crippen molar-refractivity contribution in [3.05, 3.63) is 35.4 Å². The van der Waals surface area contributed by atoms with Crippen molar-refractivity contribution in [1.82, 2.24) is 20.2 Å². The van der Waals surface area contributed by atoms with Gasteiger partial charge in [0.2, 0.25) is 5.16 Å². The monoisotopic (exact) mass is 260 g/mol. The van der Waals surface area contributed by atoms with E-state index < -0.39 is 0 Å². The van der Waals surface area contributed by atoms with E-state index in [1.165, 1.54) is 5.56 Å². The molecule has 0 amide bonds. The van der Waals surface area contributed by atoms with Crippen molar-refractivity contribution in [2.75, 3.05) is 6.61 Å². The smallest absolute Gasteiger partial charge is 0.209 e. The molecule has 5 nitrogen and oxygen atoms in total. The maximum absolute atomic E-state index is 8.60. The van der Waals surface area contributed by atoms with Crippen molar-refractivity contribution in [3.8, 4) is 11.8 Å². The Hall–Kier alpha value is -1.84. The van der Waals surface area contributed by atoms with Gasteiger partial charge in [0.15, 0.2) is 0 Å². The highest BCUT2D eigenvalue weighted by atomic mass is 32.2. The number of aliphatic hydroxyl groups excluding tert-OH is 1. The van der Waals surface area contributed by atoms with Gasteiger partial charge in [0.05, 0.1) is 0 Å². The minimum atomic E-state index is -0.114. The van der Waals surface area contributed by atoms with E-state index in [0.29, 0.717) is 0 Å². The molecule has 0 unspecified atom stereocenters. The lowest BCUT2D eigenvalue weighted by atomic mass is 10.1. The van der Waals surface area contributed by atoms with Crippen LogP contribution in [0.25, 0.3) is 0 Å². The molecule has 0 aliphatic heterocycles. The number of nitrogens with zero attached hydrogens (tertiary/aromatic N) is 4. The van der Waals surface area contributed by atoms with E-state index in [1.54, 1.807) is 16.4 Å². The zero-order valence-electron chi connectivity index (χ0n) is 9.87. The van der Waals surface area contributed by atoms with Crippen LogP contribution in [0.2, 0.25) is 0 Å². The van der Waals surface area contributed by atoms with Gasteiger partial charge in [-0.1, -0.05) is 35.7 Å². The van der Waals surface area contributed by atoms with Crippen molar-refractivity contribution in [2.45, 2.75) is 10.9 Å². The van der Waals surface area contributed by atoms with Gasteiger partial charge in [-0.25, -0.2) is 4.68 Å². The molecule has 18 heavy (non-hydrogen) atoms. The maximum Gasteiger partial charge on any atom is 0.209 e. The Labute approximate surface area is 109 Å². The molecule has 1 N–H and O–H groups in total. The highest BCUT2D eigenvalue weighted by molar-refractivity contribution is 7.98. The van der Waals surface area contributed by atoms with Gasteiger partial charge < -0.3 is 5.11 Å². The zero-order chi connectivity index (χ0) is 12.8. The molecule has 2 aromatic rings. The Bertz CT molecular complexity index is 568. The Morgan fingerprint density at radius 3 is 2.72 bits per heavy atom. The fraction of sp³-hybridized carbons (Fsp3) is 0.250. The highest BCUT2D eigenvalue weighted by Crippen LogP contribution is 2.19. The molecule has 0 spiro atoms. The third-order valence-corrected chi connectivity index (χ3v) is 3.30. The summed E-state index contributed by atoms with van der Waals surface area (Å²) in [5.41, 5.74) is 2.08. The van der Waals surface area contributed by atoms with Crippen molar-refractivity contribution in [1.29, 1.82) is 0 Å². The van der Waals surface area contributed by atoms with E-state index in [2.05, 4.69) is 27.4 Å². The molecule has 0 radical (unpaired) electrons. The zero-order valence-corrected chi connectivity index (χ0v) is 10.7. The molecular formula is C12H12N4OS. The topological polar surface area (TPSA) is 63.8 Å². The number of benzene rings is 1. The summed E-state index contributed by atoms with van der Waals surface area (Å²) in [6.45, 7) is -0.114. The Morgan fingerprint density at radius 2 is 2.11 bits per heavy atom. The number of tetrazole rings is 1. The SMILES string of the molecule is Cn1nnnc1SCc1ccc(C#CCO)cc1. The van der Waals surface area contributed by atoms with Crippen LogP contribution in [0.15, 0.2) is 29.4 Å². The fourth-order valence-electron chi connectivity index (χ4n) is 1.32. The first kappa shape index (κ1) is 12.6. The van der Waals surface area contributed by atoms with Gasteiger partial charge in [0, 0.05) is 18.4 Å². The molecule has 0 saturated heterocycles. The highest BCUT2D eigenvalue weighted by Gasteiger charge is 2.02. The molecule has 2 rings (SSSR count). The van der Waals surface area contributed by atoms with Crippen LogP contribution in [-0.2, 0) is 12.8 Å². The number of hydrogen-bond acceptors (Lipinski definition) is 5. The van der Waals surface area contributed by atoms with Gasteiger partial charge in [-0.2, -0.15) is 0 Å². The second-order valence-corrected chi connectivity index (χ2v) is 4.47. The number of hydrogen-bond donors (Lipinski definition) is 1. The minimum Gasteiger partial charge on any atom is -0.384 e. The van der Waals surface area contributed by atoms with Crippen LogP contribution in [0, 0.1) is 11.8 Å². The van der Waals surface area contributed by atoms with Crippen LogP contribution in [-0.4, -0.2) is 31.9 Å². The normalized spacial score (nSPS) is 9.89. The van der Waals surface area contributed by atoms with Crippen molar-refractivity contribution in [3.63, 3.8) is 0 Å². The molecule has 0 saturated carbocycles. The number of aliphatic hydroxyl groups is 1. The molecule has 0 bridgehead atoms. The van der Waals surface area contributed by atoms with Crippen LogP contribution < -0.4 is 0 Å². The average molecular weight is 260 g/mol. The largest absolute Gasteiger partial charge is 0.384 e. The maximum atomic E-state index is 8.60. The lowest BCUT2D eigenvalue weighted by Crippen LogP contribution is -1.93. The van der Waals surface area contributed by atoms with E-state index in [4.69, 9.17) is 5.11 Å². The van der Waals surface area contributed by atoms with E-state index in [-0.39, 0.29) is 6.61 Å². The summed E-state index contributed by atoms with van der Waals surface area (Å²) in [5.74, 6) is 6.28. The first-order valence-electron chi connectivity index (χ1n) is 5.33. The predicted octanol–water partition coefficient (Wildman–Crippen LogP) is 0.846. The number of thioether (sulfide) groups is 1. The molecule has 1 heterocycles. The first-order valence-corrected chi connectivity index (χ1v) is 6.32. The Kier molecular flexibility index (Phi) is 4.34. The molecule has 0 fully saturated rings. The van der Waals surface area contributed by atoms with E-state index >= 15 is 0 Å². The van der Waals surface area contributed by atoms with Gasteiger partial charge in [-0.15, -0.1) is 5.10 Å². The van der Waals surface area contributed by atoms with E-state index in [9.17, 15) is 0 Å². The minimum absolute atomic E-state index is 0.114. The van der Waals surface area contributed by atoms with Crippen molar-refractivity contribution >= 4 is 11.8 Å². The van der Waals surface area contributed by atoms with E-state index in [0.717, 1.165) is 16.5 Å². The van der Waals surface area contributed by atoms with E-state index in [1.807, 2.05) is 31.3 Å². The predicted molar refractivity (Wildman–Crippen MR) is 68.8 cm³/mol. The molecule has 0 atom stereocenters. The third kappa shape index (κ3) is 3.32. The van der Waals surface area contributed by atoms with Crippen LogP contribution in [0.4, 0.5) is 0 Å². The van der Waals surface area contributed by atoms with Gasteiger partial charge in [0.25, 0.3) is 0 Å². The summed E-state index contributed by atoms with van der Waals surface area (Å²) in [5, 5.41) is 20.6. The summed E-state index contributed by atoms with van der Waals surface area (Å²) < 4.78 is 1.64. The molecular weight excluding hydrogens is 248 g/mol.